The Morgan fingerprint density at radius 3 is 2.12 bits per heavy atom. The highest BCUT2D eigenvalue weighted by Gasteiger charge is 2.31. The number of ether oxygens (including phenoxy) is 2. The lowest BCUT2D eigenvalue weighted by atomic mass is 9.96. The van der Waals surface area contributed by atoms with E-state index in [1.165, 1.54) is 12.1 Å². The van der Waals surface area contributed by atoms with Crippen molar-refractivity contribution in [3.05, 3.63) is 28.0 Å². The van der Waals surface area contributed by atoms with Crippen molar-refractivity contribution >= 4 is 35.1 Å². The van der Waals surface area contributed by atoms with Crippen molar-refractivity contribution in [2.24, 2.45) is 11.8 Å². The predicted octanol–water partition coefficient (Wildman–Crippen LogP) is 4.14. The van der Waals surface area contributed by atoms with E-state index in [2.05, 4.69) is 4.98 Å². The van der Waals surface area contributed by atoms with Gasteiger partial charge in [0, 0.05) is 0 Å². The third kappa shape index (κ3) is 7.18. The largest absolute Gasteiger partial charge is 0.479 e. The molecule has 1 unspecified atom stereocenters. The van der Waals surface area contributed by atoms with Crippen LogP contribution in [0, 0.1) is 11.8 Å². The van der Waals surface area contributed by atoms with Crippen LogP contribution in [0.2, 0.25) is 10.3 Å². The molecule has 0 bridgehead atoms. The Labute approximate surface area is 157 Å². The van der Waals surface area contributed by atoms with Gasteiger partial charge in [-0.3, -0.25) is 4.79 Å². The molecule has 0 aromatic carbocycles. The highest BCUT2D eigenvalue weighted by atomic mass is 35.5. The Hall–Kier alpha value is -1.37. The number of hydrogen-bond acceptors (Lipinski definition) is 5. The number of nitrogens with zero attached hydrogens (tertiary/aromatic N) is 1. The van der Waals surface area contributed by atoms with E-state index in [0.29, 0.717) is 0 Å². The summed E-state index contributed by atoms with van der Waals surface area (Å²) in [5.41, 5.74) is -0.382. The predicted molar refractivity (Wildman–Crippen MR) is 94.8 cm³/mol. The van der Waals surface area contributed by atoms with Gasteiger partial charge in [-0.2, -0.15) is 0 Å². The Morgan fingerprint density at radius 2 is 1.72 bits per heavy atom. The van der Waals surface area contributed by atoms with Crippen LogP contribution >= 0.6 is 23.2 Å². The monoisotopic (exact) mass is 391 g/mol. The van der Waals surface area contributed by atoms with Crippen molar-refractivity contribution in [2.45, 2.75) is 46.3 Å². The molecular weight excluding hydrogens is 369 g/mol. The Morgan fingerprint density at radius 1 is 1.20 bits per heavy atom. The van der Waals surface area contributed by atoms with Gasteiger partial charge in [0.2, 0.25) is 0 Å². The van der Waals surface area contributed by atoms with Crippen molar-refractivity contribution in [1.82, 2.24) is 4.98 Å². The first-order valence-electron chi connectivity index (χ1n) is 7.81. The Bertz CT molecular complexity index is 608. The first-order chi connectivity index (χ1) is 11.4. The summed E-state index contributed by atoms with van der Waals surface area (Å²) >= 11 is 11.6. The van der Waals surface area contributed by atoms with Gasteiger partial charge in [-0.15, -0.1) is 0 Å². The second-order valence-corrected chi connectivity index (χ2v) is 7.76. The second-order valence-electron chi connectivity index (χ2n) is 6.98. The van der Waals surface area contributed by atoms with Gasteiger partial charge in [0.15, 0.2) is 6.10 Å². The summed E-state index contributed by atoms with van der Waals surface area (Å²) in [6.45, 7) is 8.88. The molecule has 0 saturated heterocycles. The maximum Gasteiger partial charge on any atom is 0.337 e. The van der Waals surface area contributed by atoms with E-state index in [9.17, 15) is 14.7 Å². The molecule has 0 radical (unpaired) electrons. The fourth-order valence-electron chi connectivity index (χ4n) is 2.05. The summed E-state index contributed by atoms with van der Waals surface area (Å²) in [6.07, 6.45) is -1.32. The second kappa shape index (κ2) is 8.83. The zero-order valence-electron chi connectivity index (χ0n) is 14.9. The molecule has 0 aliphatic heterocycles. The highest BCUT2D eigenvalue weighted by molar-refractivity contribution is 6.32. The number of rotatable bonds is 7. The van der Waals surface area contributed by atoms with Gasteiger partial charge < -0.3 is 14.6 Å². The van der Waals surface area contributed by atoms with Crippen molar-refractivity contribution in [1.29, 1.82) is 0 Å². The number of esters is 1. The van der Waals surface area contributed by atoms with Crippen LogP contribution in [0.4, 0.5) is 0 Å². The van der Waals surface area contributed by atoms with Crippen molar-refractivity contribution < 1.29 is 24.2 Å². The Balaban J connectivity index is 2.93. The minimum atomic E-state index is -1.32. The third-order valence-electron chi connectivity index (χ3n) is 3.27. The number of halogens is 2. The zero-order valence-corrected chi connectivity index (χ0v) is 16.4. The molecule has 1 heterocycles. The molecule has 6 nitrogen and oxygen atoms in total. The van der Waals surface area contributed by atoms with E-state index >= 15 is 0 Å². The van der Waals surface area contributed by atoms with E-state index < -0.39 is 29.6 Å². The fraction of sp³-hybridized carbons (Fsp3) is 0.588. The molecule has 2 atom stereocenters. The van der Waals surface area contributed by atoms with Crippen LogP contribution in [0.3, 0.4) is 0 Å². The summed E-state index contributed by atoms with van der Waals surface area (Å²) in [7, 11) is 0. The Kier molecular flexibility index (Phi) is 7.65. The topological polar surface area (TPSA) is 85.7 Å². The number of aromatic nitrogens is 1. The van der Waals surface area contributed by atoms with E-state index in [-0.39, 0.29) is 28.4 Å². The first-order valence-corrected chi connectivity index (χ1v) is 8.56. The lowest BCUT2D eigenvalue weighted by Crippen LogP contribution is -2.34. The molecule has 1 aromatic heterocycles. The number of carboxylic acids is 1. The summed E-state index contributed by atoms with van der Waals surface area (Å²) in [6, 6.07) is 2.73. The SMILES string of the molecule is CC(C)[C@H](COC(C(=O)O)c1cc(Cl)nc(Cl)c1)C(=O)OC(C)(C)C. The average molecular weight is 392 g/mol. The van der Waals surface area contributed by atoms with Gasteiger partial charge in [0.05, 0.1) is 12.5 Å². The summed E-state index contributed by atoms with van der Waals surface area (Å²) in [5, 5.41) is 9.56. The number of carbonyl (C=O) groups is 2. The van der Waals surface area contributed by atoms with Crippen molar-refractivity contribution in [3.8, 4) is 0 Å². The fourth-order valence-corrected chi connectivity index (χ4v) is 2.53. The van der Waals surface area contributed by atoms with Gasteiger partial charge in [-0.25, -0.2) is 9.78 Å². The van der Waals surface area contributed by atoms with Crippen LogP contribution in [0.1, 0.15) is 46.3 Å². The molecule has 1 aromatic rings. The maximum absolute atomic E-state index is 12.3. The minimum Gasteiger partial charge on any atom is -0.479 e. The maximum atomic E-state index is 12.3. The lowest BCUT2D eigenvalue weighted by molar-refractivity contribution is -0.168. The van der Waals surface area contributed by atoms with Crippen LogP contribution in [0.25, 0.3) is 0 Å². The summed E-state index contributed by atoms with van der Waals surface area (Å²) in [5.74, 6) is -2.34. The lowest BCUT2D eigenvalue weighted by Gasteiger charge is -2.26. The van der Waals surface area contributed by atoms with Gasteiger partial charge in [-0.1, -0.05) is 37.0 Å². The molecule has 0 aliphatic rings. The molecule has 140 valence electrons. The highest BCUT2D eigenvalue weighted by Crippen LogP contribution is 2.26. The molecule has 0 amide bonds. The van der Waals surface area contributed by atoms with E-state index in [4.69, 9.17) is 32.7 Å². The number of pyridine rings is 1. The summed E-state index contributed by atoms with van der Waals surface area (Å²) in [4.78, 5) is 27.7. The molecule has 25 heavy (non-hydrogen) atoms. The van der Waals surface area contributed by atoms with Crippen LogP contribution < -0.4 is 0 Å². The normalized spacial score (nSPS) is 14.2. The number of hydrogen-bond donors (Lipinski definition) is 1. The van der Waals surface area contributed by atoms with E-state index in [1.54, 1.807) is 20.8 Å². The van der Waals surface area contributed by atoms with Crippen LogP contribution in [0.15, 0.2) is 12.1 Å². The molecule has 1 rings (SSSR count). The standard InChI is InChI=1S/C17H23Cl2NO5/c1-9(2)11(16(23)25-17(3,4)5)8-24-14(15(21)22)10-6-12(18)20-13(19)7-10/h6-7,9,11,14H,8H2,1-5H3,(H,21,22)/t11-,14?/m0/s1. The zero-order chi connectivity index (χ0) is 19.4. The van der Waals surface area contributed by atoms with Gasteiger partial charge in [0.25, 0.3) is 0 Å². The van der Waals surface area contributed by atoms with E-state index in [0.717, 1.165) is 0 Å². The van der Waals surface area contributed by atoms with Crippen molar-refractivity contribution in [2.75, 3.05) is 6.61 Å². The van der Waals surface area contributed by atoms with Gasteiger partial charge in [0.1, 0.15) is 15.9 Å². The third-order valence-corrected chi connectivity index (χ3v) is 3.66. The summed E-state index contributed by atoms with van der Waals surface area (Å²) < 4.78 is 10.9. The molecule has 0 aliphatic carbocycles. The van der Waals surface area contributed by atoms with Crippen LogP contribution in [-0.2, 0) is 19.1 Å². The van der Waals surface area contributed by atoms with Crippen molar-refractivity contribution in [3.63, 3.8) is 0 Å². The van der Waals surface area contributed by atoms with Crippen LogP contribution in [-0.4, -0.2) is 34.2 Å². The molecule has 0 saturated carbocycles. The van der Waals surface area contributed by atoms with Crippen LogP contribution in [0.5, 0.6) is 0 Å². The first kappa shape index (κ1) is 21.7. The van der Waals surface area contributed by atoms with E-state index in [1.807, 2.05) is 13.8 Å². The number of aliphatic carboxylic acids is 1. The van der Waals surface area contributed by atoms with Gasteiger partial charge in [-0.05, 0) is 44.4 Å². The number of carboxylic acid groups (broad SMARTS) is 1. The molecule has 0 fully saturated rings. The smallest absolute Gasteiger partial charge is 0.337 e. The quantitative estimate of drug-likeness (QED) is 0.554. The molecule has 1 N–H and O–H groups in total. The molecule has 8 heteroatoms. The molecule has 0 spiro atoms. The average Bonchev–Trinajstić information content (AvgIpc) is 2.39. The molecular formula is C17H23Cl2NO5. The van der Waals surface area contributed by atoms with Gasteiger partial charge >= 0.3 is 11.9 Å². The number of carbonyl (C=O) groups excluding carboxylic acids is 1. The minimum absolute atomic E-state index is 0.0601.